The van der Waals surface area contributed by atoms with Crippen LogP contribution in [0.25, 0.3) is 0 Å². The first kappa shape index (κ1) is 17.8. The van der Waals surface area contributed by atoms with Crippen LogP contribution in [0.3, 0.4) is 0 Å². The highest BCUT2D eigenvalue weighted by molar-refractivity contribution is 9.10. The molecule has 0 aliphatic heterocycles. The molecule has 0 saturated carbocycles. The Morgan fingerprint density at radius 3 is 2.70 bits per heavy atom. The van der Waals surface area contributed by atoms with E-state index in [1.54, 1.807) is 0 Å². The summed E-state index contributed by atoms with van der Waals surface area (Å²) in [6, 6.07) is 12.0. The van der Waals surface area contributed by atoms with Crippen molar-refractivity contribution in [3.05, 3.63) is 57.6 Å². The SMILES string of the molecule is CCOC(=S)Nc1cccc(Br)c1COc1ccc(C)cc1C. The van der Waals surface area contributed by atoms with Crippen molar-refractivity contribution in [2.24, 2.45) is 0 Å². The van der Waals surface area contributed by atoms with E-state index in [4.69, 9.17) is 21.7 Å². The summed E-state index contributed by atoms with van der Waals surface area (Å²) in [5.74, 6) is 0.879. The van der Waals surface area contributed by atoms with E-state index in [9.17, 15) is 0 Å². The van der Waals surface area contributed by atoms with E-state index in [1.807, 2.05) is 44.2 Å². The minimum Gasteiger partial charge on any atom is -0.489 e. The molecule has 0 amide bonds. The quantitative estimate of drug-likeness (QED) is 0.690. The maximum absolute atomic E-state index is 5.99. The zero-order valence-electron chi connectivity index (χ0n) is 13.5. The van der Waals surface area contributed by atoms with Crippen molar-refractivity contribution >= 4 is 39.0 Å². The van der Waals surface area contributed by atoms with Gasteiger partial charge < -0.3 is 14.8 Å². The lowest BCUT2D eigenvalue weighted by atomic mass is 10.1. The number of benzene rings is 2. The summed E-state index contributed by atoms with van der Waals surface area (Å²) in [5.41, 5.74) is 4.22. The second-order valence-corrected chi connectivity index (χ2v) is 6.39. The van der Waals surface area contributed by atoms with Crippen LogP contribution in [-0.4, -0.2) is 11.8 Å². The van der Waals surface area contributed by atoms with Gasteiger partial charge in [-0.1, -0.05) is 39.7 Å². The molecule has 0 saturated heterocycles. The molecule has 0 aromatic heterocycles. The van der Waals surface area contributed by atoms with Crippen LogP contribution in [0.15, 0.2) is 40.9 Å². The Morgan fingerprint density at radius 1 is 1.22 bits per heavy atom. The number of hydrogen-bond donors (Lipinski definition) is 1. The zero-order chi connectivity index (χ0) is 16.8. The highest BCUT2D eigenvalue weighted by Crippen LogP contribution is 2.28. The largest absolute Gasteiger partial charge is 0.489 e. The Labute approximate surface area is 151 Å². The van der Waals surface area contributed by atoms with Crippen molar-refractivity contribution in [1.29, 1.82) is 0 Å². The minimum atomic E-state index is 0.360. The summed E-state index contributed by atoms with van der Waals surface area (Å²) in [6.45, 7) is 6.99. The van der Waals surface area contributed by atoms with Crippen molar-refractivity contribution in [2.75, 3.05) is 11.9 Å². The van der Waals surface area contributed by atoms with Crippen LogP contribution >= 0.6 is 28.1 Å². The van der Waals surface area contributed by atoms with Crippen LogP contribution in [0, 0.1) is 13.8 Å². The lowest BCUT2D eigenvalue weighted by Gasteiger charge is -2.16. The number of ether oxygens (including phenoxy) is 2. The number of hydrogen-bond acceptors (Lipinski definition) is 3. The Morgan fingerprint density at radius 2 is 2.00 bits per heavy atom. The van der Waals surface area contributed by atoms with Crippen LogP contribution in [0.4, 0.5) is 5.69 Å². The molecule has 2 aromatic carbocycles. The summed E-state index contributed by atoms with van der Waals surface area (Å²) in [7, 11) is 0. The summed E-state index contributed by atoms with van der Waals surface area (Å²) in [6.07, 6.45) is 0. The fraction of sp³-hybridized carbons (Fsp3) is 0.278. The maximum Gasteiger partial charge on any atom is 0.261 e. The number of halogens is 1. The molecule has 0 atom stereocenters. The van der Waals surface area contributed by atoms with Gasteiger partial charge in [0.2, 0.25) is 0 Å². The molecule has 0 heterocycles. The second kappa shape index (κ2) is 8.31. The van der Waals surface area contributed by atoms with Crippen molar-refractivity contribution in [3.8, 4) is 5.75 Å². The van der Waals surface area contributed by atoms with Crippen molar-refractivity contribution in [1.82, 2.24) is 0 Å². The summed E-state index contributed by atoms with van der Waals surface area (Å²) < 4.78 is 12.3. The fourth-order valence-electron chi connectivity index (χ4n) is 2.21. The Kier molecular flexibility index (Phi) is 6.42. The molecular weight excluding hydrogens is 374 g/mol. The monoisotopic (exact) mass is 393 g/mol. The highest BCUT2D eigenvalue weighted by Gasteiger charge is 2.10. The second-order valence-electron chi connectivity index (χ2n) is 5.17. The zero-order valence-corrected chi connectivity index (χ0v) is 15.9. The molecule has 2 aromatic rings. The number of nitrogens with one attached hydrogen (secondary N) is 1. The van der Waals surface area contributed by atoms with Gasteiger partial charge in [-0.05, 0) is 56.8 Å². The van der Waals surface area contributed by atoms with E-state index in [-0.39, 0.29) is 0 Å². The van der Waals surface area contributed by atoms with E-state index in [0.29, 0.717) is 18.4 Å². The van der Waals surface area contributed by atoms with E-state index >= 15 is 0 Å². The normalized spacial score (nSPS) is 10.3. The molecule has 0 unspecified atom stereocenters. The lowest BCUT2D eigenvalue weighted by Crippen LogP contribution is -2.15. The highest BCUT2D eigenvalue weighted by atomic mass is 79.9. The molecule has 1 N–H and O–H groups in total. The molecule has 0 radical (unpaired) electrons. The molecule has 0 aliphatic rings. The van der Waals surface area contributed by atoms with Gasteiger partial charge >= 0.3 is 0 Å². The third kappa shape index (κ3) is 4.94. The van der Waals surface area contributed by atoms with E-state index in [1.165, 1.54) is 5.56 Å². The molecule has 122 valence electrons. The average Bonchev–Trinajstić information content (AvgIpc) is 2.48. The van der Waals surface area contributed by atoms with Crippen molar-refractivity contribution < 1.29 is 9.47 Å². The topological polar surface area (TPSA) is 30.5 Å². The van der Waals surface area contributed by atoms with Gasteiger partial charge in [-0.2, -0.15) is 0 Å². The van der Waals surface area contributed by atoms with Crippen molar-refractivity contribution in [3.63, 3.8) is 0 Å². The predicted octanol–water partition coefficient (Wildman–Crippen LogP) is 5.38. The molecular formula is C18H20BrNO2S. The number of anilines is 1. The van der Waals surface area contributed by atoms with Gasteiger partial charge in [0.25, 0.3) is 5.17 Å². The van der Waals surface area contributed by atoms with Crippen LogP contribution in [0.5, 0.6) is 5.75 Å². The minimum absolute atomic E-state index is 0.360. The molecule has 2 rings (SSSR count). The van der Waals surface area contributed by atoms with E-state index in [2.05, 4.69) is 34.2 Å². The smallest absolute Gasteiger partial charge is 0.261 e. The van der Waals surface area contributed by atoms with Crippen LogP contribution in [-0.2, 0) is 11.3 Å². The average molecular weight is 394 g/mol. The number of rotatable bonds is 5. The first-order valence-corrected chi connectivity index (χ1v) is 8.62. The van der Waals surface area contributed by atoms with Gasteiger partial charge in [0.15, 0.2) is 0 Å². The third-order valence-electron chi connectivity index (χ3n) is 3.33. The summed E-state index contributed by atoms with van der Waals surface area (Å²) in [4.78, 5) is 0. The molecule has 0 fully saturated rings. The Bertz CT molecular complexity index is 703. The standard InChI is InChI=1S/C18H20BrNO2S/c1-4-21-18(23)20-16-7-5-6-15(19)14(16)11-22-17-9-8-12(2)10-13(17)3/h5-10H,4,11H2,1-3H3,(H,20,23). The van der Waals surface area contributed by atoms with E-state index in [0.717, 1.165) is 27.0 Å². The molecule has 0 aliphatic carbocycles. The Hall–Kier alpha value is -1.59. The molecule has 0 bridgehead atoms. The van der Waals surface area contributed by atoms with Crippen LogP contribution < -0.4 is 10.1 Å². The van der Waals surface area contributed by atoms with E-state index < -0.39 is 0 Å². The molecule has 23 heavy (non-hydrogen) atoms. The van der Waals surface area contributed by atoms with Gasteiger partial charge in [0.05, 0.1) is 6.61 Å². The number of thiocarbonyl (C=S) groups is 1. The van der Waals surface area contributed by atoms with Crippen LogP contribution in [0.2, 0.25) is 0 Å². The molecule has 3 nitrogen and oxygen atoms in total. The van der Waals surface area contributed by atoms with Crippen molar-refractivity contribution in [2.45, 2.75) is 27.4 Å². The molecule has 5 heteroatoms. The third-order valence-corrected chi connectivity index (χ3v) is 4.30. The number of aryl methyl sites for hydroxylation is 2. The van der Waals surface area contributed by atoms with Gasteiger partial charge in [-0.15, -0.1) is 0 Å². The fourth-order valence-corrected chi connectivity index (χ4v) is 2.92. The van der Waals surface area contributed by atoms with Gasteiger partial charge in [-0.3, -0.25) is 0 Å². The maximum atomic E-state index is 5.99. The predicted molar refractivity (Wildman–Crippen MR) is 102 cm³/mol. The molecule has 0 spiro atoms. The van der Waals surface area contributed by atoms with Gasteiger partial charge in [0, 0.05) is 15.7 Å². The Balaban J connectivity index is 2.16. The van der Waals surface area contributed by atoms with Crippen LogP contribution in [0.1, 0.15) is 23.6 Å². The first-order valence-electron chi connectivity index (χ1n) is 7.42. The summed E-state index contributed by atoms with van der Waals surface area (Å²) in [5, 5.41) is 3.47. The summed E-state index contributed by atoms with van der Waals surface area (Å²) >= 11 is 8.74. The first-order chi connectivity index (χ1) is 11.0. The van der Waals surface area contributed by atoms with Gasteiger partial charge in [-0.25, -0.2) is 0 Å². The van der Waals surface area contributed by atoms with Gasteiger partial charge in [0.1, 0.15) is 12.4 Å². The lowest BCUT2D eigenvalue weighted by molar-refractivity contribution is 0.303.